The number of aliphatic hydroxyl groups excluding tert-OH is 1. The maximum absolute atomic E-state index is 11.7. The highest BCUT2D eigenvalue weighted by Crippen LogP contribution is 2.20. The molecule has 0 aromatic rings. The third-order valence-corrected chi connectivity index (χ3v) is 3.85. The molecule has 1 rings (SSSR count). The molecule has 1 amide bonds. The Morgan fingerprint density at radius 2 is 1.95 bits per heavy atom. The van der Waals surface area contributed by atoms with Crippen molar-refractivity contribution in [2.75, 3.05) is 32.8 Å². The lowest BCUT2D eigenvalue weighted by molar-refractivity contribution is -0.129. The van der Waals surface area contributed by atoms with Gasteiger partial charge in [0.1, 0.15) is 0 Å². The predicted octanol–water partition coefficient (Wildman–Crippen LogP) is 1.15. The molecule has 0 bridgehead atoms. The molecule has 1 aliphatic rings. The summed E-state index contributed by atoms with van der Waals surface area (Å²) in [5, 5.41) is 12.8. The normalized spacial score (nSPS) is 17.9. The maximum atomic E-state index is 11.7. The minimum atomic E-state index is -0.540. The van der Waals surface area contributed by atoms with Crippen LogP contribution in [-0.4, -0.2) is 60.9 Å². The van der Waals surface area contributed by atoms with Crippen molar-refractivity contribution < 1.29 is 14.6 Å². The van der Waals surface area contributed by atoms with E-state index >= 15 is 0 Å². The van der Waals surface area contributed by atoms with E-state index in [1.54, 1.807) is 4.90 Å². The first-order chi connectivity index (χ1) is 9.67. The number of ether oxygens (including phenoxy) is 1. The minimum Gasteiger partial charge on any atom is -0.389 e. The molecule has 0 saturated heterocycles. The van der Waals surface area contributed by atoms with Crippen LogP contribution in [0.1, 0.15) is 46.0 Å². The molecule has 1 saturated carbocycles. The van der Waals surface area contributed by atoms with Gasteiger partial charge in [-0.2, -0.15) is 0 Å². The summed E-state index contributed by atoms with van der Waals surface area (Å²) in [4.78, 5) is 13.5. The topological polar surface area (TPSA) is 61.8 Å². The summed E-state index contributed by atoms with van der Waals surface area (Å²) in [6, 6.07) is 0. The van der Waals surface area contributed by atoms with Gasteiger partial charge in [0.05, 0.1) is 25.4 Å². The van der Waals surface area contributed by atoms with Crippen LogP contribution >= 0.6 is 0 Å². The van der Waals surface area contributed by atoms with Crippen molar-refractivity contribution >= 4 is 5.91 Å². The zero-order valence-electron chi connectivity index (χ0n) is 12.9. The third kappa shape index (κ3) is 6.68. The van der Waals surface area contributed by atoms with Gasteiger partial charge in [0, 0.05) is 19.6 Å². The highest BCUT2D eigenvalue weighted by molar-refractivity contribution is 5.78. The van der Waals surface area contributed by atoms with E-state index in [-0.39, 0.29) is 12.5 Å². The average molecular weight is 286 g/mol. The maximum Gasteiger partial charge on any atom is 0.236 e. The molecule has 1 aliphatic carbocycles. The Kier molecular flexibility index (Phi) is 8.82. The summed E-state index contributed by atoms with van der Waals surface area (Å²) < 4.78 is 5.71. The van der Waals surface area contributed by atoms with Gasteiger partial charge < -0.3 is 20.1 Å². The summed E-state index contributed by atoms with van der Waals surface area (Å²) in [7, 11) is 0. The van der Waals surface area contributed by atoms with E-state index in [0.717, 1.165) is 25.9 Å². The van der Waals surface area contributed by atoms with Gasteiger partial charge in [-0.15, -0.1) is 0 Å². The average Bonchev–Trinajstić information content (AvgIpc) is 2.47. The Morgan fingerprint density at radius 3 is 2.55 bits per heavy atom. The number of rotatable bonds is 9. The molecule has 0 spiro atoms. The van der Waals surface area contributed by atoms with Gasteiger partial charge in [0.15, 0.2) is 0 Å². The van der Waals surface area contributed by atoms with Crippen LogP contribution < -0.4 is 5.32 Å². The smallest absolute Gasteiger partial charge is 0.236 e. The van der Waals surface area contributed by atoms with Crippen LogP contribution in [0.2, 0.25) is 0 Å². The van der Waals surface area contributed by atoms with E-state index in [1.165, 1.54) is 19.3 Å². The first-order valence-corrected chi connectivity index (χ1v) is 7.95. The number of hydrogen-bond acceptors (Lipinski definition) is 4. The Morgan fingerprint density at radius 1 is 1.30 bits per heavy atom. The highest BCUT2D eigenvalue weighted by atomic mass is 16.5. The van der Waals surface area contributed by atoms with Crippen molar-refractivity contribution in [1.82, 2.24) is 10.2 Å². The molecule has 1 atom stereocenters. The zero-order valence-corrected chi connectivity index (χ0v) is 12.9. The molecule has 1 fully saturated rings. The lowest BCUT2D eigenvalue weighted by Gasteiger charge is -2.24. The highest BCUT2D eigenvalue weighted by Gasteiger charge is 2.16. The van der Waals surface area contributed by atoms with Crippen LogP contribution in [0, 0.1) is 0 Å². The van der Waals surface area contributed by atoms with Crippen LogP contribution in [-0.2, 0) is 9.53 Å². The van der Waals surface area contributed by atoms with E-state index in [0.29, 0.717) is 19.3 Å². The number of carbonyl (C=O) groups excluding carboxylic acids is 1. The number of nitrogens with zero attached hydrogens (tertiary/aromatic N) is 1. The zero-order chi connectivity index (χ0) is 14.8. The molecule has 0 aliphatic heterocycles. The van der Waals surface area contributed by atoms with Gasteiger partial charge in [-0.25, -0.2) is 0 Å². The van der Waals surface area contributed by atoms with Crippen LogP contribution in [0.3, 0.4) is 0 Å². The quantitative estimate of drug-likeness (QED) is 0.667. The summed E-state index contributed by atoms with van der Waals surface area (Å²) >= 11 is 0. The van der Waals surface area contributed by atoms with Gasteiger partial charge in [-0.1, -0.05) is 19.3 Å². The molecule has 0 aromatic heterocycles. The van der Waals surface area contributed by atoms with E-state index in [4.69, 9.17) is 4.74 Å². The Bertz CT molecular complexity index is 264. The summed E-state index contributed by atoms with van der Waals surface area (Å²) in [5.74, 6) is 0.0791. The second kappa shape index (κ2) is 10.1. The van der Waals surface area contributed by atoms with Crippen LogP contribution in [0.5, 0.6) is 0 Å². The van der Waals surface area contributed by atoms with Crippen molar-refractivity contribution in [2.45, 2.75) is 58.2 Å². The van der Waals surface area contributed by atoms with Gasteiger partial charge >= 0.3 is 0 Å². The van der Waals surface area contributed by atoms with E-state index in [2.05, 4.69) is 5.32 Å². The standard InChI is InChI=1S/C15H30N2O3/c1-3-17(4-2)15(19)11-16-10-13(18)12-20-14-8-6-5-7-9-14/h13-14,16,18H,3-12H2,1-2H3. The number of amides is 1. The third-order valence-electron chi connectivity index (χ3n) is 3.85. The summed E-state index contributed by atoms with van der Waals surface area (Å²) in [6.07, 6.45) is 5.77. The second-order valence-electron chi connectivity index (χ2n) is 5.44. The van der Waals surface area contributed by atoms with Crippen LogP contribution in [0.25, 0.3) is 0 Å². The molecule has 118 valence electrons. The molecule has 5 nitrogen and oxygen atoms in total. The molecule has 0 aromatic carbocycles. The Balaban J connectivity index is 2.07. The minimum absolute atomic E-state index is 0.0791. The lowest BCUT2D eigenvalue weighted by atomic mass is 9.98. The van der Waals surface area contributed by atoms with Gasteiger partial charge in [-0.05, 0) is 26.7 Å². The van der Waals surface area contributed by atoms with Crippen LogP contribution in [0.4, 0.5) is 0 Å². The molecule has 0 radical (unpaired) electrons. The first kappa shape index (κ1) is 17.4. The molecule has 2 N–H and O–H groups in total. The van der Waals surface area contributed by atoms with Crippen molar-refractivity contribution in [2.24, 2.45) is 0 Å². The van der Waals surface area contributed by atoms with E-state index < -0.39 is 6.10 Å². The largest absolute Gasteiger partial charge is 0.389 e. The van der Waals surface area contributed by atoms with Crippen molar-refractivity contribution in [3.8, 4) is 0 Å². The van der Waals surface area contributed by atoms with Crippen molar-refractivity contribution in [3.05, 3.63) is 0 Å². The van der Waals surface area contributed by atoms with Crippen LogP contribution in [0.15, 0.2) is 0 Å². The number of aliphatic hydroxyl groups is 1. The molecule has 0 heterocycles. The fourth-order valence-electron chi connectivity index (χ4n) is 2.57. The fourth-order valence-corrected chi connectivity index (χ4v) is 2.57. The monoisotopic (exact) mass is 286 g/mol. The SMILES string of the molecule is CCN(CC)C(=O)CNCC(O)COC1CCCCC1. The number of carbonyl (C=O) groups is 1. The summed E-state index contributed by atoms with van der Waals surface area (Å²) in [6.45, 7) is 6.43. The Labute approximate surface area is 122 Å². The second-order valence-corrected chi connectivity index (χ2v) is 5.44. The van der Waals surface area contributed by atoms with Gasteiger partial charge in [0.25, 0.3) is 0 Å². The lowest BCUT2D eigenvalue weighted by Crippen LogP contribution is -2.41. The molecular weight excluding hydrogens is 256 g/mol. The number of likely N-dealkylation sites (N-methyl/N-ethyl adjacent to an activating group) is 1. The van der Waals surface area contributed by atoms with Crippen molar-refractivity contribution in [3.63, 3.8) is 0 Å². The number of nitrogens with one attached hydrogen (secondary N) is 1. The fraction of sp³-hybridized carbons (Fsp3) is 0.933. The molecular formula is C15H30N2O3. The molecule has 1 unspecified atom stereocenters. The summed E-state index contributed by atoms with van der Waals surface area (Å²) in [5.41, 5.74) is 0. The van der Waals surface area contributed by atoms with Gasteiger partial charge in [-0.3, -0.25) is 4.79 Å². The molecule has 5 heteroatoms. The molecule has 20 heavy (non-hydrogen) atoms. The first-order valence-electron chi connectivity index (χ1n) is 7.95. The van der Waals surface area contributed by atoms with Gasteiger partial charge in [0.2, 0.25) is 5.91 Å². The van der Waals surface area contributed by atoms with E-state index in [1.807, 2.05) is 13.8 Å². The Hall–Kier alpha value is -0.650. The predicted molar refractivity (Wildman–Crippen MR) is 79.6 cm³/mol. The van der Waals surface area contributed by atoms with Crippen molar-refractivity contribution in [1.29, 1.82) is 0 Å². The van der Waals surface area contributed by atoms with E-state index in [9.17, 15) is 9.90 Å². The number of hydrogen-bond donors (Lipinski definition) is 2.